The van der Waals surface area contributed by atoms with Crippen LogP contribution in [0.15, 0.2) is 0 Å². The molecule has 0 unspecified atom stereocenters. The van der Waals surface area contributed by atoms with Crippen LogP contribution in [0.5, 0.6) is 0 Å². The van der Waals surface area contributed by atoms with Crippen molar-refractivity contribution >= 4 is 47.8 Å². The maximum Gasteiger partial charge on any atom is 0.314 e. The van der Waals surface area contributed by atoms with E-state index in [1.807, 2.05) is 0 Å². The Morgan fingerprint density at radius 3 is 1.25 bits per heavy atom. The fraction of sp³-hybridized carbons (Fsp3) is 0.625. The molecule has 20 heavy (non-hydrogen) atoms. The zero-order valence-corrected chi connectivity index (χ0v) is 13.1. The van der Waals surface area contributed by atoms with Gasteiger partial charge in [0.15, 0.2) is 0 Å². The monoisotopic (exact) mass is 352 g/mol. The molecule has 0 saturated heterocycles. The van der Waals surface area contributed by atoms with Crippen molar-refractivity contribution in [1.29, 1.82) is 0 Å². The summed E-state index contributed by atoms with van der Waals surface area (Å²) >= 11 is 0. The second-order valence-electron chi connectivity index (χ2n) is 2.73. The summed E-state index contributed by atoms with van der Waals surface area (Å²) in [4.78, 5) is 43.4. The number of carboxylic acid groups (broad SMARTS) is 3. The molecule has 0 radical (unpaired) electrons. The van der Waals surface area contributed by atoms with Crippen LogP contribution in [0.3, 0.4) is 0 Å². The molecule has 0 atom stereocenters. The van der Waals surface area contributed by atoms with Gasteiger partial charge in [-0.05, 0) is 0 Å². The Morgan fingerprint density at radius 2 is 1.10 bits per heavy atom. The number of carboxylic acids is 3. The number of hydrogen-bond donors (Lipinski definition) is 5. The van der Waals surface area contributed by atoms with Gasteiger partial charge in [0.2, 0.25) is 0 Å². The Labute approximate surface area is 123 Å². The van der Waals surface area contributed by atoms with Gasteiger partial charge in [-0.3, -0.25) is 18.9 Å². The molecule has 120 valence electrons. The summed E-state index contributed by atoms with van der Waals surface area (Å²) in [5.74, 6) is -1.41. The molecule has 0 saturated carbocycles. The number of carbonyl (C=O) groups is 3. The molecule has 0 aliphatic rings. The summed E-state index contributed by atoms with van der Waals surface area (Å²) in [6.45, 7) is 1.08. The summed E-state index contributed by atoms with van der Waals surface area (Å²) in [5, 5.41) is 23.9. The highest BCUT2D eigenvalue weighted by atomic mass is 33.1. The Bertz CT molecular complexity index is 272. The molecule has 0 bridgehead atoms. The van der Waals surface area contributed by atoms with Gasteiger partial charge in [-0.2, -0.15) is 0 Å². The van der Waals surface area contributed by atoms with E-state index in [1.54, 1.807) is 0 Å². The minimum absolute atomic E-state index is 0.130. The predicted octanol–water partition coefficient (Wildman–Crippen LogP) is 0.769. The Morgan fingerprint density at radius 1 is 0.900 bits per heavy atom. The fourth-order valence-corrected chi connectivity index (χ4v) is 2.33. The molecule has 0 aromatic heterocycles. The molecular formula is C8H17O9PS2. The van der Waals surface area contributed by atoms with E-state index in [-0.39, 0.29) is 12.8 Å². The van der Waals surface area contributed by atoms with Gasteiger partial charge in [-0.15, -0.1) is 0 Å². The number of aliphatic carboxylic acids is 3. The average molecular weight is 352 g/mol. The maximum absolute atomic E-state index is 10.0. The molecule has 12 heteroatoms. The van der Waals surface area contributed by atoms with E-state index in [2.05, 4.69) is 0 Å². The van der Waals surface area contributed by atoms with Crippen LogP contribution in [-0.4, -0.2) is 54.5 Å². The third kappa shape index (κ3) is 66.9. The molecule has 0 aromatic rings. The largest absolute Gasteiger partial charge is 0.481 e. The number of hydrogen-bond acceptors (Lipinski definition) is 6. The second kappa shape index (κ2) is 18.3. The summed E-state index contributed by atoms with van der Waals surface area (Å²) in [5.41, 5.74) is 0. The Hall–Kier alpha value is -0.740. The van der Waals surface area contributed by atoms with Crippen molar-refractivity contribution in [3.05, 3.63) is 0 Å². The summed E-state index contributed by atoms with van der Waals surface area (Å²) < 4.78 is 8.74. The van der Waals surface area contributed by atoms with Crippen LogP contribution >= 0.6 is 29.8 Å². The van der Waals surface area contributed by atoms with E-state index >= 15 is 0 Å². The van der Waals surface area contributed by atoms with Crippen molar-refractivity contribution < 1.29 is 44.1 Å². The molecule has 0 fully saturated rings. The summed E-state index contributed by atoms with van der Waals surface area (Å²) in [7, 11) is -0.337. The van der Waals surface area contributed by atoms with Gasteiger partial charge in [0.25, 0.3) is 5.97 Å². The first kappa shape index (κ1) is 24.3. The van der Waals surface area contributed by atoms with Crippen LogP contribution in [0.2, 0.25) is 0 Å². The van der Waals surface area contributed by atoms with Crippen LogP contribution in [0.1, 0.15) is 19.8 Å². The molecule has 0 rings (SSSR count). The highest BCUT2D eigenvalue weighted by Gasteiger charge is 1.99. The highest BCUT2D eigenvalue weighted by Crippen LogP contribution is 2.22. The van der Waals surface area contributed by atoms with Crippen molar-refractivity contribution in [1.82, 2.24) is 0 Å². The van der Waals surface area contributed by atoms with Gasteiger partial charge < -0.3 is 25.1 Å². The molecule has 9 nitrogen and oxygen atoms in total. The van der Waals surface area contributed by atoms with Crippen LogP contribution in [-0.2, 0) is 18.9 Å². The average Bonchev–Trinajstić information content (AvgIpc) is 2.20. The highest BCUT2D eigenvalue weighted by molar-refractivity contribution is 8.76. The normalized spacial score (nSPS) is 8.80. The van der Waals surface area contributed by atoms with Gasteiger partial charge in [0, 0.05) is 18.4 Å². The topological polar surface area (TPSA) is 169 Å². The Balaban J connectivity index is -0.000000297. The smallest absolute Gasteiger partial charge is 0.314 e. The van der Waals surface area contributed by atoms with E-state index in [0.717, 1.165) is 6.92 Å². The zero-order valence-electron chi connectivity index (χ0n) is 10.5. The van der Waals surface area contributed by atoms with Gasteiger partial charge in [-0.1, -0.05) is 21.6 Å². The van der Waals surface area contributed by atoms with Crippen molar-refractivity contribution in [3.63, 3.8) is 0 Å². The second-order valence-corrected chi connectivity index (χ2v) is 6.00. The molecule has 0 aromatic carbocycles. The summed E-state index contributed by atoms with van der Waals surface area (Å²) in [6, 6.07) is 0. The van der Waals surface area contributed by atoms with Crippen molar-refractivity contribution in [2.45, 2.75) is 19.8 Å². The number of rotatable bonds is 7. The van der Waals surface area contributed by atoms with Crippen LogP contribution < -0.4 is 0 Å². The lowest BCUT2D eigenvalue weighted by Crippen LogP contribution is -1.96. The minimum atomic E-state index is -3.13. The molecule has 0 aliphatic carbocycles. The first-order valence-electron chi connectivity index (χ1n) is 4.89. The van der Waals surface area contributed by atoms with E-state index in [9.17, 15) is 9.59 Å². The lowest BCUT2D eigenvalue weighted by atomic mass is 10.5. The SMILES string of the molecule is CC(=O)O.O=C(O)CCSSCCC(=O)O.O=[PH](O)O. The van der Waals surface area contributed by atoms with Gasteiger partial charge in [0.1, 0.15) is 0 Å². The molecular weight excluding hydrogens is 335 g/mol. The molecule has 0 aliphatic heterocycles. The standard InChI is InChI=1S/C6H10O4S2.C2H4O2.H3O3P/c7-5(8)1-3-11-12-4-2-6(9)10;1-2(3)4;1-4(2)3/h1-4H2,(H,7,8)(H,9,10);1H3,(H,3,4);4H,(H2,1,2,3). The zero-order chi connectivity index (χ0) is 16.6. The Kier molecular flexibility index (Phi) is 22.2. The van der Waals surface area contributed by atoms with E-state index in [1.165, 1.54) is 21.6 Å². The van der Waals surface area contributed by atoms with Gasteiger partial charge in [-0.25, -0.2) is 0 Å². The quantitative estimate of drug-likeness (QED) is 0.249. The molecule has 0 amide bonds. The van der Waals surface area contributed by atoms with Crippen molar-refractivity contribution in [2.75, 3.05) is 11.5 Å². The van der Waals surface area contributed by atoms with Crippen LogP contribution in [0, 0.1) is 0 Å². The first-order chi connectivity index (χ1) is 9.09. The predicted molar refractivity (Wildman–Crippen MR) is 76.2 cm³/mol. The van der Waals surface area contributed by atoms with E-state index in [0.29, 0.717) is 11.5 Å². The van der Waals surface area contributed by atoms with E-state index in [4.69, 9.17) is 34.5 Å². The van der Waals surface area contributed by atoms with Crippen molar-refractivity contribution in [2.24, 2.45) is 0 Å². The lowest BCUT2D eigenvalue weighted by molar-refractivity contribution is -0.137. The molecule has 0 spiro atoms. The summed E-state index contributed by atoms with van der Waals surface area (Å²) in [6.07, 6.45) is 0.259. The van der Waals surface area contributed by atoms with E-state index < -0.39 is 26.2 Å². The van der Waals surface area contributed by atoms with Crippen molar-refractivity contribution in [3.8, 4) is 0 Å². The third-order valence-corrected chi connectivity index (χ3v) is 3.29. The molecule has 5 N–H and O–H groups in total. The van der Waals surface area contributed by atoms with Gasteiger partial charge in [0.05, 0.1) is 12.8 Å². The minimum Gasteiger partial charge on any atom is -0.481 e. The first-order valence-corrected chi connectivity index (χ1v) is 8.68. The fourth-order valence-electron chi connectivity index (χ4n) is 0.376. The lowest BCUT2D eigenvalue weighted by Gasteiger charge is -1.95. The van der Waals surface area contributed by atoms with Crippen LogP contribution in [0.4, 0.5) is 0 Å². The van der Waals surface area contributed by atoms with Crippen LogP contribution in [0.25, 0.3) is 0 Å². The van der Waals surface area contributed by atoms with Gasteiger partial charge >= 0.3 is 20.2 Å². The molecule has 0 heterocycles. The maximum atomic E-state index is 10.0. The third-order valence-electron chi connectivity index (χ3n) is 0.882.